The van der Waals surface area contributed by atoms with E-state index in [1.807, 2.05) is 31.2 Å². The van der Waals surface area contributed by atoms with E-state index in [1.165, 1.54) is 0 Å². The van der Waals surface area contributed by atoms with E-state index in [9.17, 15) is 14.4 Å². The molecule has 0 bridgehead atoms. The zero-order valence-electron chi connectivity index (χ0n) is 16.7. The van der Waals surface area contributed by atoms with Gasteiger partial charge in [-0.15, -0.1) is 0 Å². The molecular weight excluding hydrogens is 346 g/mol. The van der Waals surface area contributed by atoms with Crippen LogP contribution in [0.2, 0.25) is 0 Å². The van der Waals surface area contributed by atoms with Gasteiger partial charge in [-0.25, -0.2) is 4.79 Å². The Bertz CT molecular complexity index is 638. The van der Waals surface area contributed by atoms with Gasteiger partial charge in [0.25, 0.3) is 0 Å². The lowest BCUT2D eigenvalue weighted by Crippen LogP contribution is -2.35. The Balaban J connectivity index is 2.41. The predicted molar refractivity (Wildman–Crippen MR) is 105 cm³/mol. The normalized spacial score (nSPS) is 10.8. The van der Waals surface area contributed by atoms with Crippen molar-refractivity contribution in [2.24, 2.45) is 0 Å². The monoisotopic (exact) mass is 377 g/mol. The molecule has 0 heterocycles. The average molecular weight is 377 g/mol. The van der Waals surface area contributed by atoms with Crippen LogP contribution < -0.4 is 16.0 Å². The van der Waals surface area contributed by atoms with Crippen molar-refractivity contribution in [1.29, 1.82) is 0 Å². The van der Waals surface area contributed by atoms with Crippen molar-refractivity contribution in [3.05, 3.63) is 29.8 Å². The first-order chi connectivity index (χ1) is 12.7. The van der Waals surface area contributed by atoms with Gasteiger partial charge in [0, 0.05) is 31.6 Å². The fourth-order valence-electron chi connectivity index (χ4n) is 2.22. The van der Waals surface area contributed by atoms with Gasteiger partial charge in [-0.3, -0.25) is 9.59 Å². The molecule has 0 atom stereocenters. The third-order valence-electron chi connectivity index (χ3n) is 3.55. The van der Waals surface area contributed by atoms with Crippen LogP contribution in [-0.2, 0) is 20.9 Å². The maximum atomic E-state index is 12.0. The Labute approximate surface area is 161 Å². The van der Waals surface area contributed by atoms with Gasteiger partial charge in [0.05, 0.1) is 0 Å². The van der Waals surface area contributed by atoms with Crippen LogP contribution in [0.15, 0.2) is 24.3 Å². The molecular formula is C20H31N3O4. The molecule has 0 spiro atoms. The number of nitrogens with one attached hydrogen (secondary N) is 3. The number of rotatable bonds is 9. The number of ether oxygens (including phenoxy) is 1. The summed E-state index contributed by atoms with van der Waals surface area (Å²) in [7, 11) is 0. The standard InChI is InChI=1S/C20H31N3O4/c1-5-6-11-18(25)23-16-10-8-7-9-15(16)14-22-17(24)12-13-21-19(26)27-20(2,3)4/h7-10H,5-6,11-14H2,1-4H3,(H,21,26)(H,22,24)(H,23,25). The molecule has 0 unspecified atom stereocenters. The third kappa shape index (κ3) is 10.2. The lowest BCUT2D eigenvalue weighted by atomic mass is 10.1. The molecule has 1 rings (SSSR count). The van der Waals surface area contributed by atoms with Gasteiger partial charge in [-0.1, -0.05) is 31.5 Å². The second-order valence-electron chi connectivity index (χ2n) is 7.26. The van der Waals surface area contributed by atoms with E-state index >= 15 is 0 Å². The molecule has 27 heavy (non-hydrogen) atoms. The highest BCUT2D eigenvalue weighted by atomic mass is 16.6. The molecule has 1 aromatic rings. The average Bonchev–Trinajstić information content (AvgIpc) is 2.57. The summed E-state index contributed by atoms with van der Waals surface area (Å²) >= 11 is 0. The molecule has 7 nitrogen and oxygen atoms in total. The first-order valence-corrected chi connectivity index (χ1v) is 9.32. The summed E-state index contributed by atoms with van der Waals surface area (Å²) in [4.78, 5) is 35.4. The number of alkyl carbamates (subject to hydrolysis) is 1. The van der Waals surface area contributed by atoms with E-state index in [1.54, 1.807) is 20.8 Å². The molecule has 3 N–H and O–H groups in total. The van der Waals surface area contributed by atoms with E-state index < -0.39 is 11.7 Å². The van der Waals surface area contributed by atoms with E-state index in [4.69, 9.17) is 4.74 Å². The Kier molecular flexibility index (Phi) is 9.33. The summed E-state index contributed by atoms with van der Waals surface area (Å²) in [5.41, 5.74) is 0.957. The zero-order valence-corrected chi connectivity index (χ0v) is 16.7. The van der Waals surface area contributed by atoms with Crippen LogP contribution in [0.1, 0.15) is 58.9 Å². The maximum absolute atomic E-state index is 12.0. The molecule has 0 radical (unpaired) electrons. The SMILES string of the molecule is CCCCC(=O)Nc1ccccc1CNC(=O)CCNC(=O)OC(C)(C)C. The fraction of sp³-hybridized carbons (Fsp3) is 0.550. The van der Waals surface area contributed by atoms with Gasteiger partial charge in [0.2, 0.25) is 11.8 Å². The topological polar surface area (TPSA) is 96.5 Å². The summed E-state index contributed by atoms with van der Waals surface area (Å²) in [5, 5.41) is 8.23. The largest absolute Gasteiger partial charge is 0.444 e. The maximum Gasteiger partial charge on any atom is 0.407 e. The molecule has 0 aliphatic carbocycles. The zero-order chi connectivity index (χ0) is 20.3. The van der Waals surface area contributed by atoms with Crippen molar-refractivity contribution in [1.82, 2.24) is 10.6 Å². The number of carbonyl (C=O) groups is 3. The van der Waals surface area contributed by atoms with Gasteiger partial charge >= 0.3 is 6.09 Å². The van der Waals surface area contributed by atoms with Gasteiger partial charge in [0.15, 0.2) is 0 Å². The summed E-state index contributed by atoms with van der Waals surface area (Å²) in [6, 6.07) is 7.36. The van der Waals surface area contributed by atoms with E-state index in [0.717, 1.165) is 18.4 Å². The van der Waals surface area contributed by atoms with Crippen LogP contribution in [0.4, 0.5) is 10.5 Å². The molecule has 0 saturated heterocycles. The molecule has 150 valence electrons. The Hall–Kier alpha value is -2.57. The van der Waals surface area contributed by atoms with Gasteiger partial charge in [-0.05, 0) is 38.8 Å². The highest BCUT2D eigenvalue weighted by molar-refractivity contribution is 5.91. The highest BCUT2D eigenvalue weighted by Gasteiger charge is 2.16. The van der Waals surface area contributed by atoms with Crippen LogP contribution >= 0.6 is 0 Å². The minimum Gasteiger partial charge on any atom is -0.444 e. The highest BCUT2D eigenvalue weighted by Crippen LogP contribution is 2.15. The number of hydrogen-bond donors (Lipinski definition) is 3. The minimum atomic E-state index is -0.572. The number of amides is 3. The first kappa shape index (κ1) is 22.5. The molecule has 0 saturated carbocycles. The number of para-hydroxylation sites is 1. The van der Waals surface area contributed by atoms with Crippen molar-refractivity contribution in [2.75, 3.05) is 11.9 Å². The number of carbonyl (C=O) groups excluding carboxylic acids is 3. The molecule has 3 amide bonds. The Morgan fingerprint density at radius 3 is 2.37 bits per heavy atom. The van der Waals surface area contributed by atoms with Crippen molar-refractivity contribution < 1.29 is 19.1 Å². The van der Waals surface area contributed by atoms with Crippen LogP contribution in [-0.4, -0.2) is 30.1 Å². The molecule has 0 aromatic heterocycles. The van der Waals surface area contributed by atoms with Crippen LogP contribution in [0.25, 0.3) is 0 Å². The number of anilines is 1. The van der Waals surface area contributed by atoms with E-state index in [2.05, 4.69) is 16.0 Å². The Morgan fingerprint density at radius 2 is 1.70 bits per heavy atom. The number of unbranched alkanes of at least 4 members (excludes halogenated alkanes) is 1. The van der Waals surface area contributed by atoms with E-state index in [-0.39, 0.29) is 24.8 Å². The molecule has 0 fully saturated rings. The molecule has 0 aliphatic rings. The van der Waals surface area contributed by atoms with Gasteiger partial charge in [0.1, 0.15) is 5.60 Å². The van der Waals surface area contributed by atoms with Crippen LogP contribution in [0.5, 0.6) is 0 Å². The van der Waals surface area contributed by atoms with Crippen molar-refractivity contribution in [3.8, 4) is 0 Å². The van der Waals surface area contributed by atoms with Crippen LogP contribution in [0.3, 0.4) is 0 Å². The first-order valence-electron chi connectivity index (χ1n) is 9.32. The predicted octanol–water partition coefficient (Wildman–Crippen LogP) is 3.35. The van der Waals surface area contributed by atoms with Crippen molar-refractivity contribution >= 4 is 23.6 Å². The quantitative estimate of drug-likeness (QED) is 0.615. The van der Waals surface area contributed by atoms with Crippen molar-refractivity contribution in [3.63, 3.8) is 0 Å². The number of hydrogen-bond acceptors (Lipinski definition) is 4. The van der Waals surface area contributed by atoms with E-state index in [0.29, 0.717) is 18.7 Å². The van der Waals surface area contributed by atoms with Crippen LogP contribution in [0, 0.1) is 0 Å². The fourth-order valence-corrected chi connectivity index (χ4v) is 2.22. The third-order valence-corrected chi connectivity index (χ3v) is 3.55. The second kappa shape index (κ2) is 11.2. The Morgan fingerprint density at radius 1 is 1.00 bits per heavy atom. The van der Waals surface area contributed by atoms with Crippen molar-refractivity contribution in [2.45, 2.75) is 65.5 Å². The number of benzene rings is 1. The lowest BCUT2D eigenvalue weighted by Gasteiger charge is -2.19. The minimum absolute atomic E-state index is 0.0304. The summed E-state index contributed by atoms with van der Waals surface area (Å²) < 4.78 is 5.11. The summed E-state index contributed by atoms with van der Waals surface area (Å²) in [6.07, 6.45) is 1.88. The lowest BCUT2D eigenvalue weighted by molar-refractivity contribution is -0.121. The smallest absolute Gasteiger partial charge is 0.407 e. The molecule has 1 aromatic carbocycles. The second-order valence-corrected chi connectivity index (χ2v) is 7.26. The van der Waals surface area contributed by atoms with Gasteiger partial charge in [-0.2, -0.15) is 0 Å². The van der Waals surface area contributed by atoms with Gasteiger partial charge < -0.3 is 20.7 Å². The summed E-state index contributed by atoms with van der Waals surface area (Å²) in [6.45, 7) is 7.85. The summed E-state index contributed by atoms with van der Waals surface area (Å²) in [5.74, 6) is -0.227. The molecule has 0 aliphatic heterocycles. The molecule has 7 heteroatoms.